The maximum absolute atomic E-state index is 12.9. The van der Waals surface area contributed by atoms with Crippen molar-refractivity contribution in [3.05, 3.63) is 16.3 Å². The summed E-state index contributed by atoms with van der Waals surface area (Å²) in [7, 11) is -2.42. The standard InChI is InChI=1S/C14H20N2O4S2/c1-20-14(17)13-12(5-6-21-13)22(18,19)16-7-9-3-2-4-11(15)10(9)8-16/h5-6,9-11H,2-4,7-8,15H2,1H3. The minimum atomic E-state index is -3.68. The molecule has 22 heavy (non-hydrogen) atoms. The highest BCUT2D eigenvalue weighted by molar-refractivity contribution is 7.89. The molecule has 1 aliphatic carbocycles. The van der Waals surface area contributed by atoms with Crippen molar-refractivity contribution >= 4 is 27.3 Å². The first-order valence-electron chi connectivity index (χ1n) is 7.36. The lowest BCUT2D eigenvalue weighted by Crippen LogP contribution is -2.38. The summed E-state index contributed by atoms with van der Waals surface area (Å²) >= 11 is 1.09. The molecule has 0 bridgehead atoms. The number of nitrogens with two attached hydrogens (primary N) is 1. The fourth-order valence-electron chi connectivity index (χ4n) is 3.55. The van der Waals surface area contributed by atoms with E-state index in [1.807, 2.05) is 0 Å². The average Bonchev–Trinajstić information content (AvgIpc) is 3.14. The molecule has 0 amide bonds. The zero-order chi connectivity index (χ0) is 15.9. The van der Waals surface area contributed by atoms with E-state index in [2.05, 4.69) is 4.74 Å². The Labute approximate surface area is 134 Å². The minimum Gasteiger partial charge on any atom is -0.465 e. The summed E-state index contributed by atoms with van der Waals surface area (Å²) in [6, 6.07) is 1.55. The summed E-state index contributed by atoms with van der Waals surface area (Å²) in [5.41, 5.74) is 6.15. The van der Waals surface area contributed by atoms with Crippen LogP contribution >= 0.6 is 11.3 Å². The summed E-state index contributed by atoms with van der Waals surface area (Å²) in [4.78, 5) is 11.9. The summed E-state index contributed by atoms with van der Waals surface area (Å²) in [5, 5.41) is 1.61. The third-order valence-corrected chi connectivity index (χ3v) is 7.64. The zero-order valence-electron chi connectivity index (χ0n) is 12.4. The third kappa shape index (κ3) is 2.58. The molecule has 2 aliphatic rings. The van der Waals surface area contributed by atoms with Crippen LogP contribution in [-0.4, -0.2) is 44.9 Å². The van der Waals surface area contributed by atoms with Crippen LogP contribution < -0.4 is 5.73 Å². The molecule has 2 fully saturated rings. The van der Waals surface area contributed by atoms with Crippen molar-refractivity contribution < 1.29 is 17.9 Å². The van der Waals surface area contributed by atoms with Gasteiger partial charge in [0, 0.05) is 19.1 Å². The molecule has 1 aliphatic heterocycles. The number of thiophene rings is 1. The van der Waals surface area contributed by atoms with Crippen LogP contribution in [0.15, 0.2) is 16.3 Å². The molecule has 2 N–H and O–H groups in total. The maximum atomic E-state index is 12.9. The van der Waals surface area contributed by atoms with Crippen LogP contribution in [-0.2, 0) is 14.8 Å². The number of methoxy groups -OCH3 is 1. The number of nitrogens with zero attached hydrogens (tertiary/aromatic N) is 1. The smallest absolute Gasteiger partial charge is 0.349 e. The highest BCUT2D eigenvalue weighted by Gasteiger charge is 2.44. The lowest BCUT2D eigenvalue weighted by molar-refractivity contribution is 0.0602. The van der Waals surface area contributed by atoms with Crippen LogP contribution in [0.3, 0.4) is 0 Å². The van der Waals surface area contributed by atoms with Gasteiger partial charge < -0.3 is 10.5 Å². The van der Waals surface area contributed by atoms with Crippen LogP contribution in [0.2, 0.25) is 0 Å². The summed E-state index contributed by atoms with van der Waals surface area (Å²) < 4.78 is 31.9. The molecule has 122 valence electrons. The van der Waals surface area contributed by atoms with Crippen molar-refractivity contribution in [2.45, 2.75) is 30.2 Å². The first-order chi connectivity index (χ1) is 10.4. The van der Waals surface area contributed by atoms with Gasteiger partial charge in [0.15, 0.2) is 0 Å². The Morgan fingerprint density at radius 2 is 2.18 bits per heavy atom. The van der Waals surface area contributed by atoms with Gasteiger partial charge in [-0.2, -0.15) is 4.31 Å². The summed E-state index contributed by atoms with van der Waals surface area (Å²) in [5.74, 6) is -0.0515. The maximum Gasteiger partial charge on any atom is 0.349 e. The Hall–Kier alpha value is -0.960. The van der Waals surface area contributed by atoms with Crippen LogP contribution in [0.25, 0.3) is 0 Å². The fourth-order valence-corrected chi connectivity index (χ4v) is 6.40. The molecule has 1 saturated carbocycles. The van der Waals surface area contributed by atoms with Crippen LogP contribution in [0.4, 0.5) is 0 Å². The molecule has 1 saturated heterocycles. The number of sulfonamides is 1. The lowest BCUT2D eigenvalue weighted by atomic mass is 9.78. The van der Waals surface area contributed by atoms with Gasteiger partial charge in [-0.25, -0.2) is 13.2 Å². The van der Waals surface area contributed by atoms with Gasteiger partial charge >= 0.3 is 5.97 Å². The Balaban J connectivity index is 1.88. The molecule has 0 aromatic carbocycles. The summed E-state index contributed by atoms with van der Waals surface area (Å²) in [6.07, 6.45) is 3.04. The van der Waals surface area contributed by atoms with E-state index in [1.165, 1.54) is 17.5 Å². The molecule has 3 rings (SSSR count). The van der Waals surface area contributed by atoms with Crippen molar-refractivity contribution in [3.63, 3.8) is 0 Å². The van der Waals surface area contributed by atoms with E-state index in [0.717, 1.165) is 30.6 Å². The van der Waals surface area contributed by atoms with E-state index in [4.69, 9.17) is 5.73 Å². The summed E-state index contributed by atoms with van der Waals surface area (Å²) in [6.45, 7) is 0.946. The Morgan fingerprint density at radius 3 is 2.86 bits per heavy atom. The highest BCUT2D eigenvalue weighted by Crippen LogP contribution is 2.38. The Kier molecular flexibility index (Phi) is 4.28. The van der Waals surface area contributed by atoms with Crippen molar-refractivity contribution in [2.24, 2.45) is 17.6 Å². The van der Waals surface area contributed by atoms with E-state index < -0.39 is 16.0 Å². The monoisotopic (exact) mass is 344 g/mol. The van der Waals surface area contributed by atoms with Crippen molar-refractivity contribution in [1.29, 1.82) is 0 Å². The van der Waals surface area contributed by atoms with Gasteiger partial charge in [-0.05, 0) is 36.1 Å². The van der Waals surface area contributed by atoms with Gasteiger partial charge in [-0.3, -0.25) is 0 Å². The van der Waals surface area contributed by atoms with Gasteiger partial charge in [0.1, 0.15) is 9.77 Å². The quantitative estimate of drug-likeness (QED) is 0.834. The number of hydrogen-bond acceptors (Lipinski definition) is 6. The van der Waals surface area contributed by atoms with Crippen molar-refractivity contribution in [1.82, 2.24) is 4.31 Å². The molecular weight excluding hydrogens is 324 g/mol. The normalized spacial score (nSPS) is 29.3. The zero-order valence-corrected chi connectivity index (χ0v) is 14.0. The van der Waals surface area contributed by atoms with Gasteiger partial charge in [0.2, 0.25) is 10.0 Å². The topological polar surface area (TPSA) is 89.7 Å². The average molecular weight is 344 g/mol. The Bertz CT molecular complexity index is 670. The number of fused-ring (bicyclic) bond motifs is 1. The predicted octanol–water partition coefficient (Wildman–Crippen LogP) is 1.28. The number of rotatable bonds is 3. The first kappa shape index (κ1) is 15.9. The number of esters is 1. The van der Waals surface area contributed by atoms with Crippen molar-refractivity contribution in [2.75, 3.05) is 20.2 Å². The van der Waals surface area contributed by atoms with Crippen molar-refractivity contribution in [3.8, 4) is 0 Å². The van der Waals surface area contributed by atoms with E-state index in [9.17, 15) is 13.2 Å². The lowest BCUT2D eigenvalue weighted by Gasteiger charge is -2.29. The van der Waals surface area contributed by atoms with E-state index in [-0.39, 0.29) is 21.7 Å². The second-order valence-corrected chi connectivity index (χ2v) is 8.77. The van der Waals surface area contributed by atoms with E-state index in [0.29, 0.717) is 19.0 Å². The predicted molar refractivity (Wildman–Crippen MR) is 83.2 cm³/mol. The number of carbonyl (C=O) groups excluding carboxylic acids is 1. The molecule has 3 atom stereocenters. The molecule has 3 unspecified atom stereocenters. The molecule has 1 aromatic heterocycles. The number of carbonyl (C=O) groups is 1. The third-order valence-electron chi connectivity index (χ3n) is 4.74. The molecule has 8 heteroatoms. The van der Waals surface area contributed by atoms with Crippen LogP contribution in [0, 0.1) is 11.8 Å². The van der Waals surface area contributed by atoms with E-state index >= 15 is 0 Å². The van der Waals surface area contributed by atoms with Gasteiger partial charge in [0.25, 0.3) is 0 Å². The first-order valence-corrected chi connectivity index (χ1v) is 9.68. The fraction of sp³-hybridized carbons (Fsp3) is 0.643. The Morgan fingerprint density at radius 1 is 1.41 bits per heavy atom. The largest absolute Gasteiger partial charge is 0.465 e. The highest BCUT2D eigenvalue weighted by atomic mass is 32.2. The molecule has 0 radical (unpaired) electrons. The van der Waals surface area contributed by atoms with Crippen LogP contribution in [0.5, 0.6) is 0 Å². The second-order valence-electron chi connectivity index (χ2n) is 5.95. The molecule has 2 heterocycles. The number of ether oxygens (including phenoxy) is 1. The molecule has 0 spiro atoms. The van der Waals surface area contributed by atoms with Gasteiger partial charge in [-0.1, -0.05) is 6.42 Å². The second kappa shape index (κ2) is 5.92. The number of hydrogen-bond donors (Lipinski definition) is 1. The van der Waals surface area contributed by atoms with Gasteiger partial charge in [0.05, 0.1) is 7.11 Å². The molecule has 1 aromatic rings. The van der Waals surface area contributed by atoms with Crippen LogP contribution in [0.1, 0.15) is 28.9 Å². The van der Waals surface area contributed by atoms with Gasteiger partial charge in [-0.15, -0.1) is 11.3 Å². The van der Waals surface area contributed by atoms with E-state index in [1.54, 1.807) is 5.38 Å². The molecule has 6 nitrogen and oxygen atoms in total. The minimum absolute atomic E-state index is 0.0524. The molecular formula is C14H20N2O4S2. The SMILES string of the molecule is COC(=O)c1sccc1S(=O)(=O)N1CC2CCCC(N)C2C1.